The van der Waals surface area contributed by atoms with Gasteiger partial charge in [-0.3, -0.25) is 0 Å². The molecule has 1 heteroatoms. The first-order valence-corrected chi connectivity index (χ1v) is 20.1. The van der Waals surface area contributed by atoms with E-state index in [1.165, 1.54) is 88.6 Å². The second-order valence-corrected chi connectivity index (χ2v) is 16.0. The lowest BCUT2D eigenvalue weighted by Gasteiger charge is -2.34. The van der Waals surface area contributed by atoms with E-state index in [2.05, 4.69) is 182 Å². The third-order valence-electron chi connectivity index (χ3n) is 12.4. The van der Waals surface area contributed by atoms with Gasteiger partial charge in [-0.05, 0) is 151 Å². The molecule has 56 heavy (non-hydrogen) atoms. The molecule has 1 aliphatic heterocycles. The van der Waals surface area contributed by atoms with E-state index in [9.17, 15) is 0 Å². The van der Waals surface area contributed by atoms with E-state index in [0.29, 0.717) is 0 Å². The number of anilines is 2. The fourth-order valence-corrected chi connectivity index (χ4v) is 9.29. The summed E-state index contributed by atoms with van der Waals surface area (Å²) < 4.78 is 0. The van der Waals surface area contributed by atoms with Crippen molar-refractivity contribution in [1.82, 2.24) is 0 Å². The van der Waals surface area contributed by atoms with Crippen LogP contribution in [0.25, 0.3) is 39.5 Å². The molecule has 0 atom stereocenters. The summed E-state index contributed by atoms with van der Waals surface area (Å²) >= 11 is 0. The van der Waals surface area contributed by atoms with E-state index >= 15 is 0 Å². The number of nitrogens with zero attached hydrogens (tertiary/aromatic N) is 1. The van der Waals surface area contributed by atoms with Gasteiger partial charge in [0.15, 0.2) is 0 Å². The summed E-state index contributed by atoms with van der Waals surface area (Å²) in [7, 11) is 0. The molecule has 0 unspecified atom stereocenters. The Labute approximate surface area is 335 Å². The molecule has 3 aliphatic rings. The zero-order valence-electron chi connectivity index (χ0n) is 34.6. The summed E-state index contributed by atoms with van der Waals surface area (Å²) in [6, 6.07) is 36.2. The van der Waals surface area contributed by atoms with Gasteiger partial charge in [0.1, 0.15) is 0 Å². The standard InChI is InChI=1S/C53H49N.C2H6/c1-11-35-19-15-17-21-42(35)34(6)33(5)27-40(12-2)54-50-22-18-16-20-38(50)29-39-28-36(24-26-51(39)54)37-23-25-43-45-32-48-44(31-49(45)53(9,10)47(43)30-37)41(13-3)46(14-4)52(48,7)8;1-2/h11-28,30-32H,2-5,29H2,1,6-10H3;1-2H3/b35-11-,40-27+,42-34+;. The molecule has 0 amide bonds. The number of hydrogen-bond donors (Lipinski definition) is 0. The van der Waals surface area contributed by atoms with Gasteiger partial charge in [0, 0.05) is 34.3 Å². The molecule has 280 valence electrons. The average Bonchev–Trinajstić information content (AvgIpc) is 3.58. The van der Waals surface area contributed by atoms with Crippen molar-refractivity contribution in [1.29, 1.82) is 0 Å². The minimum atomic E-state index is -0.149. The highest BCUT2D eigenvalue weighted by Gasteiger charge is 2.41. The lowest BCUT2D eigenvalue weighted by atomic mass is 9.78. The second kappa shape index (κ2) is 14.6. The normalized spacial score (nSPS) is 16.4. The number of hydrogen-bond acceptors (Lipinski definition) is 1. The quantitative estimate of drug-likeness (QED) is 0.151. The maximum Gasteiger partial charge on any atom is 0.0497 e. The fourth-order valence-electron chi connectivity index (χ4n) is 9.29. The summed E-state index contributed by atoms with van der Waals surface area (Å²) in [5.74, 6) is 0. The van der Waals surface area contributed by atoms with Crippen LogP contribution in [0.2, 0.25) is 0 Å². The molecular formula is C55H55N. The zero-order chi connectivity index (χ0) is 40.1. The molecule has 8 rings (SSSR count). The minimum Gasteiger partial charge on any atom is -0.310 e. The minimum absolute atomic E-state index is 0.123. The van der Waals surface area contributed by atoms with Gasteiger partial charge in [0.05, 0.1) is 0 Å². The lowest BCUT2D eigenvalue weighted by molar-refractivity contribution is 0.647. The van der Waals surface area contributed by atoms with Crippen LogP contribution < -0.4 is 15.3 Å². The van der Waals surface area contributed by atoms with Gasteiger partial charge < -0.3 is 4.90 Å². The monoisotopic (exact) mass is 729 g/mol. The molecule has 2 aliphatic carbocycles. The van der Waals surface area contributed by atoms with Gasteiger partial charge in [-0.2, -0.15) is 0 Å². The molecule has 5 aromatic carbocycles. The molecule has 0 saturated heterocycles. The Balaban J connectivity index is 0.00000237. The number of para-hydroxylation sites is 1. The first-order valence-electron chi connectivity index (χ1n) is 20.1. The number of fused-ring (bicyclic) bond motifs is 6. The largest absolute Gasteiger partial charge is 0.310 e. The third-order valence-corrected chi connectivity index (χ3v) is 12.4. The van der Waals surface area contributed by atoms with Crippen molar-refractivity contribution in [2.75, 3.05) is 4.90 Å². The van der Waals surface area contributed by atoms with Gasteiger partial charge in [-0.15, -0.1) is 0 Å². The third kappa shape index (κ3) is 5.93. The van der Waals surface area contributed by atoms with Crippen molar-refractivity contribution in [2.45, 2.75) is 72.6 Å². The highest BCUT2D eigenvalue weighted by molar-refractivity contribution is 5.93. The van der Waals surface area contributed by atoms with Crippen molar-refractivity contribution in [3.05, 3.63) is 208 Å². The van der Waals surface area contributed by atoms with E-state index in [-0.39, 0.29) is 10.8 Å². The molecule has 0 spiro atoms. The number of rotatable bonds is 7. The summed E-state index contributed by atoms with van der Waals surface area (Å²) in [6.07, 6.45) is 11.2. The van der Waals surface area contributed by atoms with Crippen molar-refractivity contribution < 1.29 is 0 Å². The van der Waals surface area contributed by atoms with E-state index < -0.39 is 0 Å². The molecule has 5 aromatic rings. The second-order valence-electron chi connectivity index (χ2n) is 16.0. The summed E-state index contributed by atoms with van der Waals surface area (Å²) in [4.78, 5) is 2.36. The van der Waals surface area contributed by atoms with Crippen molar-refractivity contribution in [3.63, 3.8) is 0 Å². The molecule has 0 fully saturated rings. The van der Waals surface area contributed by atoms with Crippen molar-refractivity contribution >= 4 is 28.6 Å². The molecule has 1 heterocycles. The van der Waals surface area contributed by atoms with E-state index in [4.69, 9.17) is 0 Å². The lowest BCUT2D eigenvalue weighted by Crippen LogP contribution is -2.26. The smallest absolute Gasteiger partial charge is 0.0497 e. The molecule has 0 radical (unpaired) electrons. The molecule has 1 nitrogen and oxygen atoms in total. The topological polar surface area (TPSA) is 3.24 Å². The molecule has 0 aromatic heterocycles. The van der Waals surface area contributed by atoms with Gasteiger partial charge in [-0.25, -0.2) is 0 Å². The highest BCUT2D eigenvalue weighted by Crippen LogP contribution is 2.55. The predicted octanol–water partition coefficient (Wildman–Crippen LogP) is 13.4. The van der Waals surface area contributed by atoms with Gasteiger partial charge in [-0.1, -0.05) is 147 Å². The summed E-state index contributed by atoms with van der Waals surface area (Å²) in [5.41, 5.74) is 20.8. The Morgan fingerprint density at radius 2 is 1.29 bits per heavy atom. The SMILES string of the molecule is C=CC1=C(C=C)C(C)(C)c2cc3c(cc21)C(C)(C)c1cc(-c2ccc4c(c2)Cc2ccccc2N4/C(C=C)=C/C(=C)/C(C)=c2\cccc\c2=C\C)ccc1-3.CC. The number of benzene rings is 5. The van der Waals surface area contributed by atoms with Crippen LogP contribution in [-0.2, 0) is 17.3 Å². The Morgan fingerprint density at radius 1 is 0.661 bits per heavy atom. The highest BCUT2D eigenvalue weighted by atomic mass is 15.2. The van der Waals surface area contributed by atoms with Gasteiger partial charge in [0.25, 0.3) is 0 Å². The molecule has 0 saturated carbocycles. The molecule has 0 bridgehead atoms. The number of allylic oxidation sites excluding steroid dienone is 7. The Morgan fingerprint density at radius 3 is 2.00 bits per heavy atom. The summed E-state index contributed by atoms with van der Waals surface area (Å²) in [5, 5.41) is 2.40. The fraction of sp³-hybridized carbons (Fsp3) is 0.200. The first kappa shape index (κ1) is 38.4. The Hall–Kier alpha value is -5.92. The van der Waals surface area contributed by atoms with Crippen LogP contribution >= 0.6 is 0 Å². The van der Waals surface area contributed by atoms with Gasteiger partial charge >= 0.3 is 0 Å². The van der Waals surface area contributed by atoms with Crippen LogP contribution in [0.3, 0.4) is 0 Å². The maximum absolute atomic E-state index is 4.54. The summed E-state index contributed by atoms with van der Waals surface area (Å²) in [6.45, 7) is 34.8. The van der Waals surface area contributed by atoms with Crippen molar-refractivity contribution in [2.24, 2.45) is 0 Å². The van der Waals surface area contributed by atoms with E-state index in [1.807, 2.05) is 32.1 Å². The molecular weight excluding hydrogens is 675 g/mol. The van der Waals surface area contributed by atoms with Crippen LogP contribution in [0.15, 0.2) is 165 Å². The predicted molar refractivity (Wildman–Crippen MR) is 245 cm³/mol. The average molecular weight is 730 g/mol. The maximum atomic E-state index is 4.54. The first-order chi connectivity index (χ1) is 26.9. The van der Waals surface area contributed by atoms with Crippen LogP contribution in [0, 0.1) is 0 Å². The van der Waals surface area contributed by atoms with Gasteiger partial charge in [0.2, 0.25) is 0 Å². The molecule has 0 N–H and O–H groups in total. The Kier molecular flexibility index (Phi) is 10.0. The van der Waals surface area contributed by atoms with Crippen LogP contribution in [0.1, 0.15) is 88.8 Å². The Bertz CT molecular complexity index is 2670. The van der Waals surface area contributed by atoms with Crippen LogP contribution in [0.5, 0.6) is 0 Å². The van der Waals surface area contributed by atoms with Crippen molar-refractivity contribution in [3.8, 4) is 22.3 Å². The van der Waals surface area contributed by atoms with E-state index in [1.54, 1.807) is 0 Å². The van der Waals surface area contributed by atoms with Crippen LogP contribution in [-0.4, -0.2) is 0 Å². The zero-order valence-corrected chi connectivity index (χ0v) is 34.6. The van der Waals surface area contributed by atoms with Crippen LogP contribution in [0.4, 0.5) is 11.4 Å². The van der Waals surface area contributed by atoms with E-state index in [0.717, 1.165) is 23.3 Å².